The lowest BCUT2D eigenvalue weighted by atomic mass is 9.94. The number of nitrogens with zero attached hydrogens (tertiary/aromatic N) is 6. The zero-order valence-electron chi connectivity index (χ0n) is 24.6. The van der Waals surface area contributed by atoms with E-state index in [0.29, 0.717) is 12.0 Å². The van der Waals surface area contributed by atoms with Crippen LogP contribution in [-0.2, 0) is 16.3 Å². The fourth-order valence-corrected chi connectivity index (χ4v) is 5.95. The first kappa shape index (κ1) is 33.8. The quantitative estimate of drug-likeness (QED) is 0.125. The Kier molecular flexibility index (Phi) is 9.03. The van der Waals surface area contributed by atoms with Gasteiger partial charge in [-0.15, -0.1) is 0 Å². The van der Waals surface area contributed by atoms with Gasteiger partial charge in [-0.1, -0.05) is 19.1 Å². The van der Waals surface area contributed by atoms with Crippen molar-refractivity contribution in [1.29, 1.82) is 5.26 Å². The van der Waals surface area contributed by atoms with E-state index in [1.54, 1.807) is 11.8 Å². The maximum atomic E-state index is 13.9. The SMILES string of the molecule is CC[C@@H]1CN(c2cc(OS(=O)(=O)C(F)(F)F)nc3ccc(C#N)nc23)[C@@H](C)CN1C(c1ccc(F)cc1)c1ccc(C(F)(F)F)cn1. The Morgan fingerprint density at radius 2 is 1.72 bits per heavy atom. The number of benzene rings is 1. The van der Waals surface area contributed by atoms with Gasteiger partial charge in [0.05, 0.1) is 28.5 Å². The largest absolute Gasteiger partial charge is 0.534 e. The first-order chi connectivity index (χ1) is 22.0. The molecule has 1 unspecified atom stereocenters. The lowest BCUT2D eigenvalue weighted by Gasteiger charge is -2.49. The molecule has 5 rings (SSSR count). The lowest BCUT2D eigenvalue weighted by Crippen LogP contribution is -2.58. The fraction of sp³-hybridized carbons (Fsp3) is 0.333. The minimum absolute atomic E-state index is 0.0276. The van der Waals surface area contributed by atoms with E-state index in [0.717, 1.165) is 18.3 Å². The molecule has 0 aliphatic carbocycles. The normalized spacial score (nSPS) is 18.6. The monoisotopic (exact) mass is 682 g/mol. The van der Waals surface area contributed by atoms with Gasteiger partial charge in [0, 0.05) is 37.4 Å². The van der Waals surface area contributed by atoms with Gasteiger partial charge in [-0.3, -0.25) is 9.88 Å². The summed E-state index contributed by atoms with van der Waals surface area (Å²) in [5.41, 5.74) is -5.64. The standard InChI is InChI=1S/C30H25F7N6O3S/c1-3-22-16-42(25-12-26(46-47(44,45)30(35,36)37)41-23-11-9-21(13-38)40-27(23)25)17(2)15-43(22)28(18-4-7-20(31)8-5-18)24-10-6-19(14-39-24)29(32,33)34/h4-12,14,17,22,28H,3,15-16H2,1-2H3/t17-,22+,28?/m0/s1. The molecule has 17 heteroatoms. The van der Waals surface area contributed by atoms with Gasteiger partial charge in [0.2, 0.25) is 5.88 Å². The molecule has 0 radical (unpaired) electrons. The molecule has 248 valence electrons. The molecule has 3 aromatic heterocycles. The van der Waals surface area contributed by atoms with Gasteiger partial charge < -0.3 is 9.08 Å². The van der Waals surface area contributed by atoms with Crippen LogP contribution >= 0.6 is 0 Å². The Hall–Kier alpha value is -4.56. The second-order valence-corrected chi connectivity index (χ2v) is 12.4. The molecule has 3 atom stereocenters. The summed E-state index contributed by atoms with van der Waals surface area (Å²) in [7, 11) is -6.07. The van der Waals surface area contributed by atoms with Crippen LogP contribution in [0.5, 0.6) is 5.88 Å². The van der Waals surface area contributed by atoms with Gasteiger partial charge >= 0.3 is 21.8 Å². The summed E-state index contributed by atoms with van der Waals surface area (Å²) in [6.07, 6.45) is -3.42. The molecule has 0 N–H and O–H groups in total. The maximum Gasteiger partial charge on any atom is 0.534 e. The van der Waals surface area contributed by atoms with E-state index in [1.165, 1.54) is 42.5 Å². The van der Waals surface area contributed by atoms with Crippen molar-refractivity contribution in [3.8, 4) is 11.9 Å². The summed E-state index contributed by atoms with van der Waals surface area (Å²) in [5, 5.41) is 9.44. The Balaban J connectivity index is 1.58. The number of hydrogen-bond acceptors (Lipinski definition) is 9. The fourth-order valence-electron chi connectivity index (χ4n) is 5.54. The number of rotatable bonds is 7. The Labute approximate surface area is 264 Å². The minimum Gasteiger partial charge on any atom is -0.364 e. The predicted octanol–water partition coefficient (Wildman–Crippen LogP) is 6.36. The molecule has 4 aromatic rings. The average Bonchev–Trinajstić information content (AvgIpc) is 3.01. The van der Waals surface area contributed by atoms with E-state index in [2.05, 4.69) is 19.1 Å². The molecule has 1 aliphatic heterocycles. The molecule has 4 heterocycles. The van der Waals surface area contributed by atoms with Crippen LogP contribution in [0.4, 0.5) is 36.4 Å². The van der Waals surface area contributed by atoms with E-state index < -0.39 is 51.1 Å². The molecule has 0 spiro atoms. The Morgan fingerprint density at radius 3 is 2.30 bits per heavy atom. The lowest BCUT2D eigenvalue weighted by molar-refractivity contribution is -0.137. The third-order valence-corrected chi connectivity index (χ3v) is 8.73. The molecule has 47 heavy (non-hydrogen) atoms. The van der Waals surface area contributed by atoms with Crippen LogP contribution in [0, 0.1) is 17.1 Å². The maximum absolute atomic E-state index is 13.9. The van der Waals surface area contributed by atoms with Crippen molar-refractivity contribution < 1.29 is 43.3 Å². The number of alkyl halides is 6. The summed E-state index contributed by atoms with van der Waals surface area (Å²) in [4.78, 5) is 16.1. The zero-order valence-corrected chi connectivity index (χ0v) is 25.4. The van der Waals surface area contributed by atoms with E-state index in [4.69, 9.17) is 0 Å². The number of anilines is 1. The molecular weight excluding hydrogens is 657 g/mol. The summed E-state index contributed by atoms with van der Waals surface area (Å²) in [6.45, 7) is 4.00. The van der Waals surface area contributed by atoms with Gasteiger partial charge in [0.15, 0.2) is 0 Å². The highest BCUT2D eigenvalue weighted by Gasteiger charge is 2.49. The van der Waals surface area contributed by atoms with Crippen LogP contribution in [0.1, 0.15) is 48.8 Å². The molecule has 0 bridgehead atoms. The highest BCUT2D eigenvalue weighted by molar-refractivity contribution is 7.87. The summed E-state index contributed by atoms with van der Waals surface area (Å²) >= 11 is 0. The first-order valence-corrected chi connectivity index (χ1v) is 15.5. The molecule has 0 saturated carbocycles. The predicted molar refractivity (Wildman–Crippen MR) is 155 cm³/mol. The van der Waals surface area contributed by atoms with Crippen LogP contribution in [0.25, 0.3) is 11.0 Å². The van der Waals surface area contributed by atoms with Crippen molar-refractivity contribution in [3.63, 3.8) is 0 Å². The van der Waals surface area contributed by atoms with Crippen molar-refractivity contribution in [3.05, 3.63) is 89.1 Å². The number of hydrogen-bond donors (Lipinski definition) is 0. The summed E-state index contributed by atoms with van der Waals surface area (Å²) in [5.74, 6) is -1.38. The van der Waals surface area contributed by atoms with Crippen molar-refractivity contribution in [1.82, 2.24) is 19.9 Å². The number of pyridine rings is 3. The molecule has 0 amide bonds. The molecule has 1 fully saturated rings. The van der Waals surface area contributed by atoms with E-state index >= 15 is 0 Å². The van der Waals surface area contributed by atoms with Crippen LogP contribution in [0.15, 0.2) is 60.8 Å². The number of nitriles is 1. The molecule has 1 aliphatic rings. The van der Waals surface area contributed by atoms with Crippen LogP contribution in [0.2, 0.25) is 0 Å². The molecule has 1 saturated heterocycles. The zero-order chi connectivity index (χ0) is 34.3. The minimum atomic E-state index is -6.07. The number of piperazine rings is 1. The first-order valence-electron chi connectivity index (χ1n) is 14.1. The topological polar surface area (TPSA) is 112 Å². The van der Waals surface area contributed by atoms with Gasteiger partial charge in [-0.25, -0.2) is 14.4 Å². The van der Waals surface area contributed by atoms with Crippen LogP contribution < -0.4 is 9.08 Å². The third-order valence-electron chi connectivity index (χ3n) is 7.78. The van der Waals surface area contributed by atoms with Crippen molar-refractivity contribution in [2.45, 2.75) is 50.1 Å². The highest BCUT2D eigenvalue weighted by atomic mass is 32.2. The highest BCUT2D eigenvalue weighted by Crippen LogP contribution is 2.39. The number of fused-ring (bicyclic) bond motifs is 1. The van der Waals surface area contributed by atoms with Crippen molar-refractivity contribution in [2.24, 2.45) is 0 Å². The number of aromatic nitrogens is 3. The van der Waals surface area contributed by atoms with Crippen LogP contribution in [0.3, 0.4) is 0 Å². The van der Waals surface area contributed by atoms with Gasteiger partial charge in [0.25, 0.3) is 0 Å². The van der Waals surface area contributed by atoms with Crippen LogP contribution in [-0.4, -0.2) is 59.0 Å². The third kappa shape index (κ3) is 6.93. The van der Waals surface area contributed by atoms with Gasteiger partial charge in [-0.2, -0.15) is 40.0 Å². The number of halogens is 7. The summed E-state index contributed by atoms with van der Waals surface area (Å²) in [6, 6.07) is 11.5. The van der Waals surface area contributed by atoms with Gasteiger partial charge in [-0.05, 0) is 55.3 Å². The average molecular weight is 683 g/mol. The van der Waals surface area contributed by atoms with Crippen molar-refractivity contribution in [2.75, 3.05) is 18.0 Å². The van der Waals surface area contributed by atoms with Crippen molar-refractivity contribution >= 4 is 26.8 Å². The second kappa shape index (κ2) is 12.6. The van der Waals surface area contributed by atoms with E-state index in [-0.39, 0.29) is 47.2 Å². The second-order valence-electron chi connectivity index (χ2n) is 10.8. The Morgan fingerprint density at radius 1 is 1.02 bits per heavy atom. The Bertz CT molecular complexity index is 1910. The molecule has 9 nitrogen and oxygen atoms in total. The summed E-state index contributed by atoms with van der Waals surface area (Å²) < 4.78 is 121. The van der Waals surface area contributed by atoms with E-state index in [9.17, 15) is 44.4 Å². The molecule has 1 aromatic carbocycles. The molecular formula is C30H25F7N6O3S. The van der Waals surface area contributed by atoms with Gasteiger partial charge in [0.1, 0.15) is 23.1 Å². The van der Waals surface area contributed by atoms with E-state index in [1.807, 2.05) is 17.9 Å². The smallest absolute Gasteiger partial charge is 0.364 e.